The molecular weight excluding hydrogens is 320 g/mol. The van der Waals surface area contributed by atoms with Crippen LogP contribution in [0.25, 0.3) is 0 Å². The zero-order valence-corrected chi connectivity index (χ0v) is 12.1. The van der Waals surface area contributed by atoms with Crippen molar-refractivity contribution in [1.29, 1.82) is 0 Å². The van der Waals surface area contributed by atoms with Gasteiger partial charge in [0.25, 0.3) is 5.91 Å². The number of carbonyl (C=O) groups excluding carboxylic acids is 2. The van der Waals surface area contributed by atoms with Crippen LogP contribution in [0.15, 0.2) is 33.8 Å². The minimum absolute atomic E-state index is 0.296. The van der Waals surface area contributed by atoms with Crippen LogP contribution in [0, 0.1) is 0 Å². The summed E-state index contributed by atoms with van der Waals surface area (Å²) in [6, 6.07) is 6.69. The highest BCUT2D eigenvalue weighted by Gasteiger charge is 2.53. The maximum atomic E-state index is 12.4. The average molecular weight is 330 g/mol. The van der Waals surface area contributed by atoms with E-state index >= 15 is 0 Å². The molecule has 0 saturated carbocycles. The molecule has 94 valence electrons. The molecule has 4 nitrogen and oxygen atoms in total. The van der Waals surface area contributed by atoms with Gasteiger partial charge < -0.3 is 0 Å². The minimum atomic E-state index is -1.71. The van der Waals surface area contributed by atoms with Crippen LogP contribution in [0.2, 0.25) is 0 Å². The molecular formula is C12H10BrClN2O2. The number of rotatable bonds is 2. The van der Waals surface area contributed by atoms with Crippen LogP contribution in [0.5, 0.6) is 0 Å². The topological polar surface area (TPSA) is 49.7 Å². The van der Waals surface area contributed by atoms with Crippen LogP contribution >= 0.6 is 27.5 Å². The Bertz CT molecular complexity index is 556. The second kappa shape index (κ2) is 4.48. The third-order valence-corrected chi connectivity index (χ3v) is 3.94. The number of benzene rings is 1. The first-order chi connectivity index (χ1) is 8.37. The minimum Gasteiger partial charge on any atom is -0.291 e. The molecule has 0 bridgehead atoms. The Hall–Kier alpha value is -1.20. The maximum absolute atomic E-state index is 12.4. The Morgan fingerprint density at radius 3 is 2.39 bits per heavy atom. The second-order valence-corrected chi connectivity index (χ2v) is 5.49. The predicted molar refractivity (Wildman–Crippen MR) is 72.9 cm³/mol. The number of hydrogen-bond acceptors (Lipinski definition) is 3. The Balaban J connectivity index is 2.43. The molecule has 1 aromatic rings. The van der Waals surface area contributed by atoms with Gasteiger partial charge in [-0.25, -0.2) is 5.01 Å². The summed E-state index contributed by atoms with van der Waals surface area (Å²) in [4.78, 5) is 22.6. The third-order valence-electron chi connectivity index (χ3n) is 2.81. The summed E-state index contributed by atoms with van der Waals surface area (Å²) in [5.74, 6) is -0.971. The van der Waals surface area contributed by atoms with Crippen molar-refractivity contribution < 1.29 is 9.59 Å². The van der Waals surface area contributed by atoms with Crippen LogP contribution in [0.4, 0.5) is 0 Å². The summed E-state index contributed by atoms with van der Waals surface area (Å²) >= 11 is 9.49. The molecule has 0 aliphatic carbocycles. The monoisotopic (exact) mass is 328 g/mol. The molecule has 1 aromatic carbocycles. The SMILES string of the molecule is CC1=NN(C)C(=O)C1(Cl)C(=O)c1ccc(Br)cc1. The van der Waals surface area contributed by atoms with Gasteiger partial charge in [0.1, 0.15) is 0 Å². The summed E-state index contributed by atoms with van der Waals surface area (Å²) in [5, 5.41) is 5.02. The van der Waals surface area contributed by atoms with Gasteiger partial charge in [0, 0.05) is 17.1 Å². The van der Waals surface area contributed by atoms with E-state index in [2.05, 4.69) is 21.0 Å². The van der Waals surface area contributed by atoms with Gasteiger partial charge in [0.15, 0.2) is 5.78 Å². The van der Waals surface area contributed by atoms with E-state index in [-0.39, 0.29) is 0 Å². The van der Waals surface area contributed by atoms with Crippen molar-refractivity contribution in [2.75, 3.05) is 7.05 Å². The van der Waals surface area contributed by atoms with E-state index in [1.54, 1.807) is 31.2 Å². The van der Waals surface area contributed by atoms with Crippen molar-refractivity contribution in [3.8, 4) is 0 Å². The van der Waals surface area contributed by atoms with Crippen LogP contribution in [-0.4, -0.2) is 34.3 Å². The molecule has 6 heteroatoms. The second-order valence-electron chi connectivity index (χ2n) is 4.01. The molecule has 1 atom stereocenters. The van der Waals surface area contributed by atoms with Crippen LogP contribution in [0.1, 0.15) is 17.3 Å². The number of amides is 1. The molecule has 0 N–H and O–H groups in total. The smallest absolute Gasteiger partial charge is 0.277 e. The van der Waals surface area contributed by atoms with Crippen LogP contribution in [0.3, 0.4) is 0 Å². The molecule has 0 radical (unpaired) electrons. The van der Waals surface area contributed by atoms with Gasteiger partial charge in [-0.05, 0) is 19.1 Å². The molecule has 1 aliphatic rings. The molecule has 0 aromatic heterocycles. The molecule has 1 unspecified atom stereocenters. The van der Waals surface area contributed by atoms with Crippen molar-refractivity contribution >= 4 is 44.9 Å². The van der Waals surface area contributed by atoms with Gasteiger partial charge in [-0.15, -0.1) is 0 Å². The Kier molecular flexibility index (Phi) is 3.29. The highest BCUT2D eigenvalue weighted by molar-refractivity contribution is 9.10. The zero-order valence-electron chi connectivity index (χ0n) is 9.78. The molecule has 1 heterocycles. The molecule has 1 amide bonds. The van der Waals surface area contributed by atoms with E-state index in [1.165, 1.54) is 7.05 Å². The lowest BCUT2D eigenvalue weighted by molar-refractivity contribution is -0.128. The zero-order chi connectivity index (χ0) is 13.5. The lowest BCUT2D eigenvalue weighted by Crippen LogP contribution is -2.46. The molecule has 1 aliphatic heterocycles. The number of ketones is 1. The number of alkyl halides is 1. The third kappa shape index (κ3) is 1.87. The largest absolute Gasteiger partial charge is 0.291 e. The normalized spacial score (nSPS) is 23.2. The lowest BCUT2D eigenvalue weighted by atomic mass is 9.93. The van der Waals surface area contributed by atoms with E-state index in [4.69, 9.17) is 11.6 Å². The maximum Gasteiger partial charge on any atom is 0.277 e. The number of Topliss-reactive ketones (excluding diaryl/α,β-unsaturated/α-hetero) is 1. The molecule has 0 saturated heterocycles. The Labute approximate surface area is 118 Å². The number of nitrogens with zero attached hydrogens (tertiary/aromatic N) is 2. The summed E-state index contributed by atoms with van der Waals surface area (Å²) in [6.07, 6.45) is 0. The number of hydrazone groups is 1. The molecule has 0 fully saturated rings. The number of hydrogen-bond donors (Lipinski definition) is 0. The van der Waals surface area contributed by atoms with Crippen molar-refractivity contribution in [3.63, 3.8) is 0 Å². The van der Waals surface area contributed by atoms with Gasteiger partial charge in [-0.3, -0.25) is 9.59 Å². The molecule has 2 rings (SSSR count). The summed E-state index contributed by atoms with van der Waals surface area (Å²) < 4.78 is 0.850. The fraction of sp³-hybridized carbons (Fsp3) is 0.250. The first-order valence-corrected chi connectivity index (χ1v) is 6.37. The van der Waals surface area contributed by atoms with E-state index in [1.807, 2.05) is 0 Å². The standard InChI is InChI=1S/C12H10BrClN2O2/c1-7-12(14,11(18)16(2)15-7)10(17)8-3-5-9(13)6-4-8/h3-6H,1-2H3. The average Bonchev–Trinajstić information content (AvgIpc) is 2.54. The van der Waals surface area contributed by atoms with E-state index in [0.29, 0.717) is 11.3 Å². The van der Waals surface area contributed by atoms with E-state index in [0.717, 1.165) is 9.48 Å². The highest BCUT2D eigenvalue weighted by atomic mass is 79.9. The highest BCUT2D eigenvalue weighted by Crippen LogP contribution is 2.30. The summed E-state index contributed by atoms with van der Waals surface area (Å²) in [7, 11) is 1.48. The van der Waals surface area contributed by atoms with Crippen molar-refractivity contribution in [3.05, 3.63) is 34.3 Å². The summed E-state index contributed by atoms with van der Waals surface area (Å²) in [6.45, 7) is 1.57. The van der Waals surface area contributed by atoms with Crippen LogP contribution < -0.4 is 0 Å². The van der Waals surface area contributed by atoms with E-state index < -0.39 is 16.6 Å². The number of halogens is 2. The van der Waals surface area contributed by atoms with Crippen molar-refractivity contribution in [2.24, 2.45) is 5.10 Å². The van der Waals surface area contributed by atoms with Gasteiger partial charge in [0.2, 0.25) is 4.87 Å². The first-order valence-electron chi connectivity index (χ1n) is 5.20. The number of carbonyl (C=O) groups is 2. The van der Waals surface area contributed by atoms with Gasteiger partial charge in [0.05, 0.1) is 5.71 Å². The Morgan fingerprint density at radius 1 is 1.39 bits per heavy atom. The van der Waals surface area contributed by atoms with Gasteiger partial charge in [-0.2, -0.15) is 5.10 Å². The Morgan fingerprint density at radius 2 is 1.94 bits per heavy atom. The first kappa shape index (κ1) is 13.2. The molecule has 0 spiro atoms. The van der Waals surface area contributed by atoms with E-state index in [9.17, 15) is 9.59 Å². The molecule has 18 heavy (non-hydrogen) atoms. The fourth-order valence-electron chi connectivity index (χ4n) is 1.78. The van der Waals surface area contributed by atoms with Crippen LogP contribution in [-0.2, 0) is 4.79 Å². The predicted octanol–water partition coefficient (Wildman–Crippen LogP) is 2.46. The summed E-state index contributed by atoms with van der Waals surface area (Å²) in [5.41, 5.74) is 0.677. The quantitative estimate of drug-likeness (QED) is 0.475. The lowest BCUT2D eigenvalue weighted by Gasteiger charge is -2.18. The van der Waals surface area contributed by atoms with Crippen molar-refractivity contribution in [1.82, 2.24) is 5.01 Å². The van der Waals surface area contributed by atoms with Gasteiger partial charge in [-0.1, -0.05) is 39.7 Å². The fourth-order valence-corrected chi connectivity index (χ4v) is 2.31. The van der Waals surface area contributed by atoms with Gasteiger partial charge >= 0.3 is 0 Å². The van der Waals surface area contributed by atoms with Crippen molar-refractivity contribution in [2.45, 2.75) is 11.8 Å².